The molecule has 0 saturated heterocycles. The van der Waals surface area contributed by atoms with Gasteiger partial charge in [-0.05, 0) is 53.3 Å². The van der Waals surface area contributed by atoms with E-state index in [4.69, 9.17) is 28.9 Å². The number of halogens is 2. The van der Waals surface area contributed by atoms with Gasteiger partial charge in [-0.1, -0.05) is 35.3 Å². The molecule has 0 unspecified atom stereocenters. The highest BCUT2D eigenvalue weighted by atomic mass is 35.5. The van der Waals surface area contributed by atoms with Crippen molar-refractivity contribution in [3.63, 3.8) is 0 Å². The number of carbonyl (C=O) groups excluding carboxylic acids is 3. The average Bonchev–Trinajstić information content (AvgIpc) is 3.46. The number of nitrogens with one attached hydrogen (secondary N) is 1. The minimum atomic E-state index is -1.61. The van der Waals surface area contributed by atoms with Crippen LogP contribution in [0.2, 0.25) is 10.0 Å². The zero-order chi connectivity index (χ0) is 28.1. The van der Waals surface area contributed by atoms with Crippen LogP contribution in [-0.4, -0.2) is 57.5 Å². The molecule has 1 aliphatic rings. The molecule has 3 aromatic rings. The second-order valence-electron chi connectivity index (χ2n) is 8.37. The van der Waals surface area contributed by atoms with Crippen molar-refractivity contribution in [1.29, 1.82) is 0 Å². The van der Waals surface area contributed by atoms with Crippen LogP contribution in [0, 0.1) is 0 Å². The van der Waals surface area contributed by atoms with E-state index in [0.717, 1.165) is 17.6 Å². The lowest BCUT2D eigenvalue weighted by molar-refractivity contribution is -0.137. The Balaban J connectivity index is 1.50. The van der Waals surface area contributed by atoms with Gasteiger partial charge in [0.25, 0.3) is 17.7 Å². The lowest BCUT2D eigenvalue weighted by Gasteiger charge is -2.30. The molecule has 1 aromatic carbocycles. The molecule has 10 nitrogen and oxygen atoms in total. The number of aromatic nitrogens is 1. The first-order chi connectivity index (χ1) is 18.7. The molecule has 39 heavy (non-hydrogen) atoms. The molecule has 4 N–H and O–H groups in total. The number of fused-ring (bicyclic) bond motifs is 1. The van der Waals surface area contributed by atoms with Gasteiger partial charge in [-0.2, -0.15) is 0 Å². The Morgan fingerprint density at radius 1 is 1.21 bits per heavy atom. The molecule has 1 aliphatic heterocycles. The number of pyridine rings is 1. The number of carboxylic acid groups (broad SMARTS) is 1. The van der Waals surface area contributed by atoms with Crippen LogP contribution in [0.5, 0.6) is 0 Å². The monoisotopic (exact) mass is 585 g/mol. The number of nitrogens with zero attached hydrogens (tertiary/aromatic N) is 3. The number of rotatable bonds is 7. The summed E-state index contributed by atoms with van der Waals surface area (Å²) in [4.78, 5) is 59.3. The van der Waals surface area contributed by atoms with Gasteiger partial charge in [-0.3, -0.25) is 19.4 Å². The van der Waals surface area contributed by atoms with Crippen LogP contribution in [0.25, 0.3) is 6.08 Å². The highest BCUT2D eigenvalue weighted by Gasteiger charge is 2.29. The Labute approximate surface area is 236 Å². The predicted molar refractivity (Wildman–Crippen MR) is 148 cm³/mol. The fourth-order valence-electron chi connectivity index (χ4n) is 3.88. The maximum absolute atomic E-state index is 13.0. The van der Waals surface area contributed by atoms with Crippen molar-refractivity contribution in [2.75, 3.05) is 6.54 Å². The predicted octanol–water partition coefficient (Wildman–Crippen LogP) is 3.43. The third-order valence-electron chi connectivity index (χ3n) is 5.78. The molecule has 200 valence electrons. The van der Waals surface area contributed by atoms with Gasteiger partial charge in [-0.25, -0.2) is 9.79 Å². The van der Waals surface area contributed by atoms with Crippen molar-refractivity contribution in [2.24, 2.45) is 10.7 Å². The lowest BCUT2D eigenvalue weighted by atomic mass is 9.96. The maximum Gasteiger partial charge on any atom is 0.331 e. The molecule has 0 bridgehead atoms. The van der Waals surface area contributed by atoms with Gasteiger partial charge in [0.1, 0.15) is 0 Å². The molecule has 0 aliphatic carbocycles. The summed E-state index contributed by atoms with van der Waals surface area (Å²) in [5.41, 5.74) is 7.69. The van der Waals surface area contributed by atoms with Crippen LogP contribution in [0.1, 0.15) is 36.9 Å². The lowest BCUT2D eigenvalue weighted by Crippen LogP contribution is -2.42. The molecule has 2 aromatic heterocycles. The fourth-order valence-corrected chi connectivity index (χ4v) is 5.26. The van der Waals surface area contributed by atoms with Gasteiger partial charge >= 0.3 is 5.97 Å². The molecule has 3 heterocycles. The highest BCUT2D eigenvalue weighted by molar-refractivity contribution is 7.12. The number of thiophene rings is 1. The van der Waals surface area contributed by atoms with Crippen molar-refractivity contribution in [2.45, 2.75) is 19.0 Å². The Morgan fingerprint density at radius 2 is 2.00 bits per heavy atom. The first-order valence-electron chi connectivity index (χ1n) is 11.5. The van der Waals surface area contributed by atoms with E-state index in [2.05, 4.69) is 15.3 Å². The summed E-state index contributed by atoms with van der Waals surface area (Å²) >= 11 is 14.1. The van der Waals surface area contributed by atoms with Crippen molar-refractivity contribution in [3.05, 3.63) is 91.0 Å². The van der Waals surface area contributed by atoms with Crippen LogP contribution in [0.4, 0.5) is 0 Å². The van der Waals surface area contributed by atoms with Gasteiger partial charge < -0.3 is 21.1 Å². The van der Waals surface area contributed by atoms with Crippen LogP contribution >= 0.6 is 34.5 Å². The number of benzene rings is 1. The molecular formula is C26H21Cl2N5O5S. The molecule has 13 heteroatoms. The SMILES string of the molecule is NC(=Cc1ccccn1)C(=O)N1CCc2c(cc(Cl)c(C(=O)N[C@@H](C=NC(=O)c3cccs3)C(=O)O)c2Cl)C1. The van der Waals surface area contributed by atoms with E-state index in [0.29, 0.717) is 28.1 Å². The van der Waals surface area contributed by atoms with Gasteiger partial charge in [-0.15, -0.1) is 11.3 Å². The van der Waals surface area contributed by atoms with Gasteiger partial charge in [0.15, 0.2) is 6.04 Å². The Morgan fingerprint density at radius 3 is 2.67 bits per heavy atom. The van der Waals surface area contributed by atoms with Gasteiger partial charge in [0.05, 0.1) is 31.9 Å². The van der Waals surface area contributed by atoms with Crippen molar-refractivity contribution >= 4 is 70.5 Å². The number of carboxylic acids is 1. The topological polar surface area (TPSA) is 155 Å². The first kappa shape index (κ1) is 28.0. The Hall–Kier alpha value is -4.06. The summed E-state index contributed by atoms with van der Waals surface area (Å²) in [6.07, 6.45) is 4.23. The van der Waals surface area contributed by atoms with Gasteiger partial charge in [0.2, 0.25) is 0 Å². The summed E-state index contributed by atoms with van der Waals surface area (Å²) in [5.74, 6) is -3.30. The van der Waals surface area contributed by atoms with E-state index in [1.807, 2.05) is 0 Å². The normalized spacial score (nSPS) is 14.1. The molecule has 0 saturated carbocycles. The van der Waals surface area contributed by atoms with E-state index in [1.165, 1.54) is 17.0 Å². The number of aliphatic imine (C=N–C) groups is 1. The van der Waals surface area contributed by atoms with Crippen LogP contribution < -0.4 is 11.1 Å². The third kappa shape index (κ3) is 6.51. The molecule has 1 atom stereocenters. The summed E-state index contributed by atoms with van der Waals surface area (Å²) < 4.78 is 0. The molecular weight excluding hydrogens is 565 g/mol. The van der Waals surface area contributed by atoms with Crippen molar-refractivity contribution in [1.82, 2.24) is 15.2 Å². The third-order valence-corrected chi connectivity index (χ3v) is 7.36. The molecule has 4 rings (SSSR count). The van der Waals surface area contributed by atoms with E-state index >= 15 is 0 Å². The maximum atomic E-state index is 13.0. The summed E-state index contributed by atoms with van der Waals surface area (Å²) in [6, 6.07) is 8.37. The average molecular weight is 586 g/mol. The molecule has 0 spiro atoms. The van der Waals surface area contributed by atoms with Crippen LogP contribution in [-0.2, 0) is 22.6 Å². The number of nitrogens with two attached hydrogens (primary N) is 1. The molecule has 0 fully saturated rings. The number of carbonyl (C=O) groups is 4. The Bertz CT molecular complexity index is 1490. The van der Waals surface area contributed by atoms with Crippen molar-refractivity contribution in [3.8, 4) is 0 Å². The van der Waals surface area contributed by atoms with E-state index < -0.39 is 23.8 Å². The second-order valence-corrected chi connectivity index (χ2v) is 10.1. The number of aliphatic carboxylic acids is 1. The molecule has 0 radical (unpaired) electrons. The summed E-state index contributed by atoms with van der Waals surface area (Å²) in [7, 11) is 0. The summed E-state index contributed by atoms with van der Waals surface area (Å²) in [5, 5.41) is 13.5. The molecule has 3 amide bonds. The smallest absolute Gasteiger partial charge is 0.331 e. The standard InChI is InChI=1S/C26H21Cl2N5O5S/c27-17-10-14-13-33(25(36)18(29)11-15-4-1-2-7-30-15)8-6-16(14)22(28)21(17)24(35)32-19(26(37)38)12-31-23(34)20-5-3-9-39-20/h1-5,7,9-12,19H,6,8,13,29H2,(H,32,35)(H,37,38)/t19-/m0/s1. The second kappa shape index (κ2) is 12.2. The fraction of sp³-hybridized carbons (Fsp3) is 0.154. The zero-order valence-corrected chi connectivity index (χ0v) is 22.5. The minimum absolute atomic E-state index is 0.0179. The zero-order valence-electron chi connectivity index (χ0n) is 20.1. The minimum Gasteiger partial charge on any atom is -0.479 e. The van der Waals surface area contributed by atoms with Gasteiger partial charge in [0, 0.05) is 25.5 Å². The highest BCUT2D eigenvalue weighted by Crippen LogP contribution is 2.35. The largest absolute Gasteiger partial charge is 0.479 e. The number of hydrogen-bond acceptors (Lipinski definition) is 7. The first-order valence-corrected chi connectivity index (χ1v) is 13.1. The van der Waals surface area contributed by atoms with Crippen LogP contribution in [0.3, 0.4) is 0 Å². The van der Waals surface area contributed by atoms with E-state index in [-0.39, 0.29) is 40.3 Å². The summed E-state index contributed by atoms with van der Waals surface area (Å²) in [6.45, 7) is 0.432. The van der Waals surface area contributed by atoms with Crippen molar-refractivity contribution < 1.29 is 24.3 Å². The Kier molecular flexibility index (Phi) is 8.75. The van der Waals surface area contributed by atoms with E-state index in [1.54, 1.807) is 41.9 Å². The number of hydrogen-bond donors (Lipinski definition) is 3. The van der Waals surface area contributed by atoms with E-state index in [9.17, 15) is 24.3 Å². The number of amides is 3. The quantitative estimate of drug-likeness (QED) is 0.283. The van der Waals surface area contributed by atoms with Crippen LogP contribution in [0.15, 0.2) is 58.7 Å².